The number of nitrogens with one attached hydrogen (secondary N) is 3. The molecule has 2 aliphatic heterocycles. The standard InChI is InChI=1S/C24H29ClN2O9.C20H25ClN2O5.C4H4O4.CH4/c1-4-36-24(33)21-17(12-35-10-9-26-16(22(30)31)11-18(28)29)27-13(2)19(23(32)34-3)20(21)14-7-5-6-8-15(14)25;1-4-28-20(25)18-15(11-27-10-9-22)23-12(2)16(19(24)26-3)17(18)13-7-5-6-8-14(13)21;5-3(6)1-2-4(7)8;/h5-8,16,20,26-27H,4,9-12H2,1-3H3,(H,28,29)(H,30,31);5-8,17,23H,4,9-11,22H2,1-3H3;1-2H,(H,5,6)(H,7,8);1H4/b;;2-1-;. The molecule has 3 unspecified atom stereocenters. The van der Waals surface area contributed by atoms with Gasteiger partial charge in [0.25, 0.3) is 0 Å². The Hall–Kier alpha value is -7.08. The van der Waals surface area contributed by atoms with Gasteiger partial charge in [0.1, 0.15) is 6.04 Å². The van der Waals surface area contributed by atoms with Gasteiger partial charge in [0.15, 0.2) is 0 Å². The summed E-state index contributed by atoms with van der Waals surface area (Å²) in [5.41, 5.74) is 9.29. The maximum atomic E-state index is 13.1. The van der Waals surface area contributed by atoms with E-state index in [1.807, 2.05) is 0 Å². The lowest BCUT2D eigenvalue weighted by Crippen LogP contribution is -2.40. The van der Waals surface area contributed by atoms with Crippen molar-refractivity contribution in [1.82, 2.24) is 16.0 Å². The van der Waals surface area contributed by atoms with Gasteiger partial charge in [-0.05, 0) is 51.0 Å². The summed E-state index contributed by atoms with van der Waals surface area (Å²) in [6, 6.07) is 12.6. The Morgan fingerprint density at radius 1 is 0.658 bits per heavy atom. The zero-order valence-electron chi connectivity index (χ0n) is 40.2. The van der Waals surface area contributed by atoms with Crippen LogP contribution in [0.5, 0.6) is 0 Å². The number of methoxy groups -OCH3 is 2. The van der Waals surface area contributed by atoms with E-state index < -0.39 is 72.1 Å². The summed E-state index contributed by atoms with van der Waals surface area (Å²) in [7, 11) is 2.53. The van der Waals surface area contributed by atoms with Gasteiger partial charge in [-0.3, -0.25) is 9.59 Å². The molecule has 0 fully saturated rings. The average molecular weight is 1070 g/mol. The first-order chi connectivity index (χ1) is 34.2. The lowest BCUT2D eigenvalue weighted by molar-refractivity contribution is -0.146. The van der Waals surface area contributed by atoms with Crippen LogP contribution in [0.2, 0.25) is 10.0 Å². The summed E-state index contributed by atoms with van der Waals surface area (Å²) in [4.78, 5) is 92.4. The highest BCUT2D eigenvalue weighted by molar-refractivity contribution is 6.32. The number of ether oxygens (including phenoxy) is 6. The van der Waals surface area contributed by atoms with Gasteiger partial charge in [0, 0.05) is 46.7 Å². The maximum Gasteiger partial charge on any atom is 0.336 e. The molecule has 0 spiro atoms. The van der Waals surface area contributed by atoms with Gasteiger partial charge in [-0.1, -0.05) is 67.0 Å². The second-order valence-electron chi connectivity index (χ2n) is 14.8. The molecule has 0 saturated heterocycles. The Morgan fingerprint density at radius 3 is 1.38 bits per heavy atom. The van der Waals surface area contributed by atoms with Crippen LogP contribution in [0.25, 0.3) is 0 Å². The summed E-state index contributed by atoms with van der Waals surface area (Å²) in [6.07, 6.45) is 0.527. The van der Waals surface area contributed by atoms with Gasteiger partial charge in [-0.25, -0.2) is 28.8 Å². The fraction of sp³-hybridized carbons (Fsp3) is 0.388. The van der Waals surface area contributed by atoms with E-state index in [0.29, 0.717) is 74.8 Å². The van der Waals surface area contributed by atoms with Crippen molar-refractivity contribution in [2.24, 2.45) is 5.73 Å². The van der Waals surface area contributed by atoms with Crippen LogP contribution >= 0.6 is 23.2 Å². The highest BCUT2D eigenvalue weighted by atomic mass is 35.5. The van der Waals surface area contributed by atoms with Crippen molar-refractivity contribution in [1.29, 1.82) is 0 Å². The molecule has 2 aliphatic rings. The first-order valence-electron chi connectivity index (χ1n) is 21.8. The van der Waals surface area contributed by atoms with E-state index in [2.05, 4.69) is 16.0 Å². The van der Waals surface area contributed by atoms with Crippen molar-refractivity contribution in [3.63, 3.8) is 0 Å². The van der Waals surface area contributed by atoms with Gasteiger partial charge in [0.2, 0.25) is 0 Å². The number of nitrogens with two attached hydrogens (primary N) is 1. The van der Waals surface area contributed by atoms with Crippen LogP contribution in [0.4, 0.5) is 0 Å². The van der Waals surface area contributed by atoms with Crippen molar-refractivity contribution < 1.29 is 87.2 Å². The number of esters is 4. The topological polar surface area (TPSA) is 335 Å². The summed E-state index contributed by atoms with van der Waals surface area (Å²) in [6.45, 7) is 7.75. The van der Waals surface area contributed by atoms with E-state index in [-0.39, 0.29) is 63.7 Å². The average Bonchev–Trinajstić information content (AvgIpc) is 3.32. The number of hydrogen-bond acceptors (Lipinski definition) is 18. The number of carboxylic acid groups (broad SMARTS) is 4. The van der Waals surface area contributed by atoms with Crippen LogP contribution in [-0.2, 0) is 66.8 Å². The number of rotatable bonds is 23. The summed E-state index contributed by atoms with van der Waals surface area (Å²) < 4.78 is 31.7. The fourth-order valence-electron chi connectivity index (χ4n) is 7.02. The molecule has 0 aromatic heterocycles. The molecule has 0 bridgehead atoms. The molecule has 73 heavy (non-hydrogen) atoms. The Bertz CT molecular complexity index is 2450. The van der Waals surface area contributed by atoms with Crippen LogP contribution in [0.1, 0.15) is 64.5 Å². The summed E-state index contributed by atoms with van der Waals surface area (Å²) in [5, 5.41) is 43.1. The number of dihydropyridines is 2. The van der Waals surface area contributed by atoms with Gasteiger partial charge in [-0.15, -0.1) is 0 Å². The number of aliphatic carboxylic acids is 4. The molecule has 22 nitrogen and oxygen atoms in total. The van der Waals surface area contributed by atoms with Crippen LogP contribution < -0.4 is 21.7 Å². The molecule has 4 rings (SSSR count). The zero-order chi connectivity index (χ0) is 54.1. The molecule has 2 heterocycles. The van der Waals surface area contributed by atoms with Crippen LogP contribution in [0.3, 0.4) is 0 Å². The number of allylic oxidation sites excluding steroid dienone is 2. The van der Waals surface area contributed by atoms with Crippen molar-refractivity contribution in [3.05, 3.63) is 127 Å². The lowest BCUT2D eigenvalue weighted by atomic mass is 9.80. The van der Waals surface area contributed by atoms with E-state index in [1.165, 1.54) is 14.2 Å². The highest BCUT2D eigenvalue weighted by Gasteiger charge is 2.41. The minimum absolute atomic E-state index is 0. The molecule has 24 heteroatoms. The zero-order valence-corrected chi connectivity index (χ0v) is 41.7. The number of carbonyl (C=O) groups excluding carboxylic acids is 4. The molecule has 0 amide bonds. The Balaban J connectivity index is 0.000000640. The van der Waals surface area contributed by atoms with Gasteiger partial charge in [0.05, 0.1) is 106 Å². The van der Waals surface area contributed by atoms with Crippen LogP contribution in [0.15, 0.2) is 106 Å². The van der Waals surface area contributed by atoms with Crippen molar-refractivity contribution in [2.75, 3.05) is 67.0 Å². The molecule has 400 valence electrons. The van der Waals surface area contributed by atoms with Crippen molar-refractivity contribution in [2.45, 2.75) is 59.4 Å². The predicted molar refractivity (Wildman–Crippen MR) is 265 cm³/mol. The number of carboxylic acids is 4. The molecule has 0 saturated carbocycles. The van der Waals surface area contributed by atoms with Gasteiger partial charge < -0.3 is 70.5 Å². The minimum Gasteiger partial charge on any atom is -0.481 e. The van der Waals surface area contributed by atoms with E-state index in [9.17, 15) is 38.4 Å². The second kappa shape index (κ2) is 32.8. The molecule has 0 aliphatic carbocycles. The Kier molecular flexibility index (Phi) is 28.7. The SMILES string of the molecule is C.CCOC(=O)C1=C(COCCN)NC(C)=C(C(=O)OC)C1c1ccccc1Cl.CCOC(=O)C1=C(COCCNC(CC(=O)O)C(=O)O)NC(C)=C(C(=O)OC)C1c1ccccc1Cl.O=C(O)/C=C\C(=O)O. The summed E-state index contributed by atoms with van der Waals surface area (Å²) in [5.74, 6) is -9.13. The predicted octanol–water partition coefficient (Wildman–Crippen LogP) is 4.44. The quantitative estimate of drug-likeness (QED) is 0.0330. The van der Waals surface area contributed by atoms with Gasteiger partial charge >= 0.3 is 47.8 Å². The number of carbonyl (C=O) groups is 8. The Morgan fingerprint density at radius 2 is 1.05 bits per heavy atom. The van der Waals surface area contributed by atoms with Gasteiger partial charge in [-0.2, -0.15) is 0 Å². The first kappa shape index (κ1) is 63.9. The first-order valence-corrected chi connectivity index (χ1v) is 22.5. The number of hydrogen-bond donors (Lipinski definition) is 8. The van der Waals surface area contributed by atoms with E-state index in [1.54, 1.807) is 76.2 Å². The molecular formula is C49H62Cl2N4O18. The second-order valence-corrected chi connectivity index (χ2v) is 15.6. The monoisotopic (exact) mass is 1060 g/mol. The third-order valence-electron chi connectivity index (χ3n) is 9.96. The fourth-order valence-corrected chi connectivity index (χ4v) is 7.51. The summed E-state index contributed by atoms with van der Waals surface area (Å²) >= 11 is 12.9. The molecule has 2 aromatic carbocycles. The van der Waals surface area contributed by atoms with Crippen molar-refractivity contribution in [3.8, 4) is 0 Å². The third-order valence-corrected chi connectivity index (χ3v) is 10.6. The molecule has 3 atom stereocenters. The minimum atomic E-state index is -1.29. The lowest BCUT2D eigenvalue weighted by Gasteiger charge is -2.31. The number of benzene rings is 2. The van der Waals surface area contributed by atoms with Crippen molar-refractivity contribution >= 4 is 71.0 Å². The van der Waals surface area contributed by atoms with E-state index >= 15 is 0 Å². The van der Waals surface area contributed by atoms with Crippen LogP contribution in [0, 0.1) is 0 Å². The van der Waals surface area contributed by atoms with E-state index in [4.69, 9.17) is 77.8 Å². The smallest absolute Gasteiger partial charge is 0.336 e. The third kappa shape index (κ3) is 19.5. The van der Waals surface area contributed by atoms with Crippen LogP contribution in [-0.4, -0.2) is 141 Å². The molecule has 2 aromatic rings. The molecule has 0 radical (unpaired) electrons. The number of halogens is 2. The molecular weight excluding hydrogens is 1000 g/mol. The Labute approximate surface area is 431 Å². The normalized spacial score (nSPS) is 15.5. The largest absolute Gasteiger partial charge is 0.481 e. The maximum absolute atomic E-state index is 13.1. The molecule has 9 N–H and O–H groups in total. The van der Waals surface area contributed by atoms with E-state index in [0.717, 1.165) is 0 Å². The highest BCUT2D eigenvalue weighted by Crippen LogP contribution is 2.43.